The topological polar surface area (TPSA) is 70.6 Å². The summed E-state index contributed by atoms with van der Waals surface area (Å²) < 4.78 is 50.8. The normalized spacial score (nSPS) is 11.8. The van der Waals surface area contributed by atoms with Crippen LogP contribution in [0.1, 0.15) is 29.3 Å². The van der Waals surface area contributed by atoms with Crippen molar-refractivity contribution in [1.82, 2.24) is 5.43 Å². The highest BCUT2D eigenvalue weighted by Crippen LogP contribution is 2.30. The number of hydrazone groups is 1. The van der Waals surface area contributed by atoms with Gasteiger partial charge in [-0.15, -0.1) is 0 Å². The summed E-state index contributed by atoms with van der Waals surface area (Å²) in [5.41, 5.74) is 1.75. The van der Waals surface area contributed by atoms with Gasteiger partial charge in [0.05, 0.1) is 12.0 Å². The van der Waals surface area contributed by atoms with E-state index in [-0.39, 0.29) is 23.4 Å². The van der Waals surface area contributed by atoms with Crippen molar-refractivity contribution in [3.8, 4) is 0 Å². The third-order valence-electron chi connectivity index (χ3n) is 3.34. The first-order valence-electron chi connectivity index (χ1n) is 7.71. The number of amides is 2. The van der Waals surface area contributed by atoms with E-state index >= 15 is 0 Å². The number of nitrogens with zero attached hydrogens (tertiary/aromatic N) is 1. The van der Waals surface area contributed by atoms with Gasteiger partial charge in [0, 0.05) is 17.0 Å². The predicted molar refractivity (Wildman–Crippen MR) is 91.7 cm³/mol. The second-order valence-electron chi connectivity index (χ2n) is 5.60. The lowest BCUT2D eigenvalue weighted by atomic mass is 10.2. The minimum absolute atomic E-state index is 0.00188. The summed E-state index contributed by atoms with van der Waals surface area (Å²) in [6.07, 6.45) is -4.75. The Labute approximate surface area is 152 Å². The van der Waals surface area contributed by atoms with Gasteiger partial charge in [0.15, 0.2) is 0 Å². The van der Waals surface area contributed by atoms with Crippen LogP contribution in [0.15, 0.2) is 53.6 Å². The Hall–Kier alpha value is -3.23. The molecule has 5 nitrogen and oxygen atoms in total. The molecule has 9 heteroatoms. The third-order valence-corrected chi connectivity index (χ3v) is 3.34. The lowest BCUT2D eigenvalue weighted by molar-refractivity contribution is -0.137. The Bertz CT molecular complexity index is 862. The van der Waals surface area contributed by atoms with Crippen molar-refractivity contribution in [3.05, 3.63) is 65.5 Å². The number of anilines is 1. The summed E-state index contributed by atoms with van der Waals surface area (Å²) in [5, 5.41) is 6.08. The molecule has 142 valence electrons. The van der Waals surface area contributed by atoms with Gasteiger partial charge in [-0.1, -0.05) is 6.07 Å². The van der Waals surface area contributed by atoms with E-state index in [0.29, 0.717) is 0 Å². The molecule has 0 radical (unpaired) electrons. The Morgan fingerprint density at radius 2 is 1.74 bits per heavy atom. The van der Waals surface area contributed by atoms with E-state index in [1.807, 2.05) is 0 Å². The van der Waals surface area contributed by atoms with Gasteiger partial charge in [0.25, 0.3) is 5.91 Å². The van der Waals surface area contributed by atoms with Crippen LogP contribution < -0.4 is 10.7 Å². The van der Waals surface area contributed by atoms with Gasteiger partial charge < -0.3 is 5.32 Å². The molecular formula is C18H15F4N3O2. The molecule has 0 aliphatic rings. The summed E-state index contributed by atoms with van der Waals surface area (Å²) in [4.78, 5) is 23.7. The number of nitrogens with one attached hydrogen (secondary N) is 2. The highest BCUT2D eigenvalue weighted by atomic mass is 19.4. The molecule has 0 bridgehead atoms. The molecule has 0 aliphatic carbocycles. The van der Waals surface area contributed by atoms with Crippen LogP contribution in [0.5, 0.6) is 0 Å². The number of hydrogen-bond acceptors (Lipinski definition) is 3. The molecule has 0 aliphatic heterocycles. The van der Waals surface area contributed by atoms with Gasteiger partial charge >= 0.3 is 6.18 Å². The van der Waals surface area contributed by atoms with Crippen LogP contribution in [0, 0.1) is 5.82 Å². The fraction of sp³-hybridized carbons (Fsp3) is 0.167. The SMILES string of the molecule is CC(CC(=O)Nc1cccc(C(F)(F)F)c1)=NNC(=O)c1ccc(F)cc1. The average Bonchev–Trinajstić information content (AvgIpc) is 2.59. The Morgan fingerprint density at radius 1 is 1.07 bits per heavy atom. The molecule has 2 N–H and O–H groups in total. The quantitative estimate of drug-likeness (QED) is 0.467. The number of alkyl halides is 3. The molecule has 2 aromatic carbocycles. The largest absolute Gasteiger partial charge is 0.416 e. The summed E-state index contributed by atoms with van der Waals surface area (Å²) in [6, 6.07) is 9.01. The minimum atomic E-state index is -4.51. The van der Waals surface area contributed by atoms with Crippen LogP contribution >= 0.6 is 0 Å². The summed E-state index contributed by atoms with van der Waals surface area (Å²) in [5.74, 6) is -1.67. The number of carbonyl (C=O) groups is 2. The van der Waals surface area contributed by atoms with Crippen LogP contribution in [-0.4, -0.2) is 17.5 Å². The van der Waals surface area contributed by atoms with E-state index in [0.717, 1.165) is 24.3 Å². The maximum atomic E-state index is 12.8. The maximum Gasteiger partial charge on any atom is 0.416 e. The fourth-order valence-corrected chi connectivity index (χ4v) is 2.06. The van der Waals surface area contributed by atoms with Crippen LogP contribution in [0.3, 0.4) is 0 Å². The van der Waals surface area contributed by atoms with Crippen LogP contribution in [-0.2, 0) is 11.0 Å². The first kappa shape index (κ1) is 20.1. The molecule has 27 heavy (non-hydrogen) atoms. The number of carbonyl (C=O) groups excluding carboxylic acids is 2. The molecule has 0 aromatic heterocycles. The van der Waals surface area contributed by atoms with Crippen molar-refractivity contribution in [1.29, 1.82) is 0 Å². The summed E-state index contributed by atoms with van der Waals surface area (Å²) >= 11 is 0. The molecule has 0 atom stereocenters. The summed E-state index contributed by atoms with van der Waals surface area (Å²) in [6.45, 7) is 1.47. The zero-order valence-electron chi connectivity index (χ0n) is 14.1. The first-order valence-corrected chi connectivity index (χ1v) is 7.71. The van der Waals surface area contributed by atoms with Gasteiger partial charge in [0.2, 0.25) is 5.91 Å². The highest BCUT2D eigenvalue weighted by molar-refractivity contribution is 6.06. The molecule has 2 aromatic rings. The van der Waals surface area contributed by atoms with Crippen molar-refractivity contribution in [3.63, 3.8) is 0 Å². The average molecular weight is 381 g/mol. The molecular weight excluding hydrogens is 366 g/mol. The molecule has 0 spiro atoms. The molecule has 0 fully saturated rings. The Balaban J connectivity index is 1.92. The number of halogens is 4. The molecule has 0 unspecified atom stereocenters. The first-order chi connectivity index (χ1) is 12.6. The predicted octanol–water partition coefficient (Wildman–Crippen LogP) is 3.98. The number of rotatable bonds is 5. The third kappa shape index (κ3) is 6.21. The van der Waals surface area contributed by atoms with Gasteiger partial charge in [-0.3, -0.25) is 9.59 Å². The summed E-state index contributed by atoms with van der Waals surface area (Å²) in [7, 11) is 0. The van der Waals surface area contributed by atoms with E-state index in [9.17, 15) is 27.2 Å². The fourth-order valence-electron chi connectivity index (χ4n) is 2.06. The second-order valence-corrected chi connectivity index (χ2v) is 5.60. The van der Waals surface area contributed by atoms with Crippen molar-refractivity contribution in [2.45, 2.75) is 19.5 Å². The van der Waals surface area contributed by atoms with Crippen LogP contribution in [0.4, 0.5) is 23.2 Å². The number of benzene rings is 2. The lowest BCUT2D eigenvalue weighted by Crippen LogP contribution is -2.21. The van der Waals surface area contributed by atoms with E-state index in [1.165, 1.54) is 31.2 Å². The molecule has 0 saturated carbocycles. The smallest absolute Gasteiger partial charge is 0.326 e. The zero-order chi connectivity index (χ0) is 20.0. The second kappa shape index (κ2) is 8.43. The van der Waals surface area contributed by atoms with Crippen molar-refractivity contribution in [2.75, 3.05) is 5.32 Å². The van der Waals surface area contributed by atoms with E-state index < -0.39 is 29.4 Å². The molecule has 0 heterocycles. The van der Waals surface area contributed by atoms with Gasteiger partial charge in [-0.25, -0.2) is 9.82 Å². The van der Waals surface area contributed by atoms with Crippen LogP contribution in [0.25, 0.3) is 0 Å². The van der Waals surface area contributed by atoms with Gasteiger partial charge in [0.1, 0.15) is 5.82 Å². The monoisotopic (exact) mass is 381 g/mol. The molecule has 2 amide bonds. The Morgan fingerprint density at radius 3 is 2.37 bits per heavy atom. The minimum Gasteiger partial charge on any atom is -0.326 e. The Kier molecular flexibility index (Phi) is 6.27. The zero-order valence-corrected chi connectivity index (χ0v) is 14.1. The van der Waals surface area contributed by atoms with Gasteiger partial charge in [-0.05, 0) is 49.4 Å². The lowest BCUT2D eigenvalue weighted by Gasteiger charge is -2.10. The van der Waals surface area contributed by atoms with Crippen molar-refractivity contribution >= 4 is 23.2 Å². The molecule has 2 rings (SSSR count). The van der Waals surface area contributed by atoms with Gasteiger partial charge in [-0.2, -0.15) is 18.3 Å². The number of hydrogen-bond donors (Lipinski definition) is 2. The maximum absolute atomic E-state index is 12.8. The standard InChI is InChI=1S/C18H15F4N3O2/c1-11(24-25-17(27)12-5-7-14(19)8-6-12)9-16(26)23-15-4-2-3-13(10-15)18(20,21)22/h2-8,10H,9H2,1H3,(H,23,26)(H,25,27). The molecule has 0 saturated heterocycles. The van der Waals surface area contributed by atoms with E-state index in [1.54, 1.807) is 0 Å². The van der Waals surface area contributed by atoms with E-state index in [2.05, 4.69) is 15.8 Å². The van der Waals surface area contributed by atoms with Crippen molar-refractivity contribution in [2.24, 2.45) is 5.10 Å². The highest BCUT2D eigenvalue weighted by Gasteiger charge is 2.30. The van der Waals surface area contributed by atoms with E-state index in [4.69, 9.17) is 0 Å². The van der Waals surface area contributed by atoms with Crippen LogP contribution in [0.2, 0.25) is 0 Å². The van der Waals surface area contributed by atoms with Crippen molar-refractivity contribution < 1.29 is 27.2 Å².